The fraction of sp³-hybridized carbons (Fsp3) is 0.304. The monoisotopic (exact) mass is 489 g/mol. The smallest absolute Gasteiger partial charge is 0.404 e. The summed E-state index contributed by atoms with van der Waals surface area (Å²) in [6.45, 7) is -0.0186. The van der Waals surface area contributed by atoms with Crippen molar-refractivity contribution in [3.63, 3.8) is 0 Å². The Kier molecular flexibility index (Phi) is 6.85. The fourth-order valence-corrected chi connectivity index (χ4v) is 4.51. The van der Waals surface area contributed by atoms with E-state index in [-0.39, 0.29) is 31.5 Å². The average molecular weight is 490 g/mol. The van der Waals surface area contributed by atoms with E-state index in [0.29, 0.717) is 27.9 Å². The Bertz CT molecular complexity index is 1310. The van der Waals surface area contributed by atoms with E-state index in [9.17, 15) is 22.4 Å². The van der Waals surface area contributed by atoms with Gasteiger partial charge in [-0.05, 0) is 66.3 Å². The lowest BCUT2D eigenvalue weighted by Gasteiger charge is -2.18. The molecule has 9 nitrogen and oxygen atoms in total. The lowest BCUT2D eigenvalue weighted by atomic mass is 9.97. The molecule has 4 rings (SSSR count). The SMILES string of the molecule is CNC(=O)c1c(-c2ccc(F)cc2)oc2cc(CN(CCNC(=O)O)[SH](=O)=O)c(C3CC3)cc12. The van der Waals surface area contributed by atoms with Crippen LogP contribution in [0.15, 0.2) is 40.8 Å². The molecular formula is C23H24FN3O6S. The molecule has 0 saturated heterocycles. The van der Waals surface area contributed by atoms with E-state index in [4.69, 9.17) is 9.52 Å². The first kappa shape index (κ1) is 23.7. The Labute approximate surface area is 196 Å². The van der Waals surface area contributed by atoms with Crippen molar-refractivity contribution >= 4 is 33.9 Å². The number of carbonyl (C=O) groups is 2. The standard InChI is InChI=1S/C23H24FN3O6S/c1-25-22(28)20-18-11-17(13-2-3-13)15(12-27(34(31)32)9-8-26-23(29)30)10-19(18)33-21(20)14-4-6-16(24)7-5-14/h4-7,10-11,13,26,34H,2-3,8-9,12H2,1H3,(H,25,28)(H,29,30). The van der Waals surface area contributed by atoms with E-state index < -0.39 is 22.8 Å². The summed E-state index contributed by atoms with van der Waals surface area (Å²) in [5, 5.41) is 14.1. The Hall–Kier alpha value is -3.44. The van der Waals surface area contributed by atoms with Gasteiger partial charge in [-0.1, -0.05) is 0 Å². The van der Waals surface area contributed by atoms with E-state index in [2.05, 4.69) is 10.6 Å². The molecule has 34 heavy (non-hydrogen) atoms. The van der Waals surface area contributed by atoms with Crippen LogP contribution in [0.3, 0.4) is 0 Å². The van der Waals surface area contributed by atoms with Crippen molar-refractivity contribution in [2.24, 2.45) is 0 Å². The van der Waals surface area contributed by atoms with Crippen LogP contribution >= 0.6 is 0 Å². The molecule has 0 atom stereocenters. The van der Waals surface area contributed by atoms with Crippen LogP contribution in [0, 0.1) is 5.82 Å². The largest absolute Gasteiger partial charge is 0.465 e. The minimum Gasteiger partial charge on any atom is -0.465 e. The molecule has 1 aliphatic carbocycles. The fourth-order valence-electron chi connectivity index (χ4n) is 3.97. The highest BCUT2D eigenvalue weighted by Gasteiger charge is 2.30. The maximum absolute atomic E-state index is 13.5. The van der Waals surface area contributed by atoms with Crippen molar-refractivity contribution in [3.05, 3.63) is 58.9 Å². The van der Waals surface area contributed by atoms with E-state index >= 15 is 0 Å². The molecule has 1 aromatic heterocycles. The predicted octanol–water partition coefficient (Wildman–Crippen LogP) is 3.07. The number of carbonyl (C=O) groups excluding carboxylic acids is 1. The number of halogens is 1. The zero-order valence-corrected chi connectivity index (χ0v) is 19.2. The molecule has 0 bridgehead atoms. The number of nitrogens with zero attached hydrogens (tertiary/aromatic N) is 1. The summed E-state index contributed by atoms with van der Waals surface area (Å²) in [6.07, 6.45) is 0.660. The molecule has 11 heteroatoms. The highest BCUT2D eigenvalue weighted by molar-refractivity contribution is 7.69. The van der Waals surface area contributed by atoms with Gasteiger partial charge in [0.25, 0.3) is 5.91 Å². The van der Waals surface area contributed by atoms with E-state index in [1.165, 1.54) is 35.6 Å². The zero-order chi connectivity index (χ0) is 24.4. The molecule has 0 radical (unpaired) electrons. The second-order valence-electron chi connectivity index (χ2n) is 8.07. The van der Waals surface area contributed by atoms with Crippen LogP contribution in [-0.2, 0) is 17.4 Å². The molecule has 2 amide bonds. The number of nitrogens with one attached hydrogen (secondary N) is 2. The molecule has 180 valence electrons. The number of hydrogen-bond acceptors (Lipinski definition) is 5. The summed E-state index contributed by atoms with van der Waals surface area (Å²) in [4.78, 5) is 23.5. The molecule has 0 aliphatic heterocycles. The van der Waals surface area contributed by atoms with Gasteiger partial charge < -0.3 is 20.2 Å². The van der Waals surface area contributed by atoms with Gasteiger partial charge in [-0.25, -0.2) is 17.6 Å². The number of thiol groups is 1. The topological polar surface area (TPSA) is 129 Å². The molecular weight excluding hydrogens is 465 g/mol. The first-order valence-corrected chi connectivity index (χ1v) is 11.8. The van der Waals surface area contributed by atoms with Gasteiger partial charge in [0.15, 0.2) is 0 Å². The highest BCUT2D eigenvalue weighted by Crippen LogP contribution is 2.45. The molecule has 1 saturated carbocycles. The maximum atomic E-state index is 13.5. The number of carboxylic acid groups (broad SMARTS) is 1. The van der Waals surface area contributed by atoms with Crippen LogP contribution in [0.5, 0.6) is 0 Å². The summed E-state index contributed by atoms with van der Waals surface area (Å²) >= 11 is 0. The normalized spacial score (nSPS) is 13.5. The second-order valence-corrected chi connectivity index (χ2v) is 9.11. The van der Waals surface area contributed by atoms with Crippen LogP contribution in [0.2, 0.25) is 0 Å². The van der Waals surface area contributed by atoms with E-state index in [0.717, 1.165) is 24.0 Å². The quantitative estimate of drug-likeness (QED) is 0.342. The van der Waals surface area contributed by atoms with Crippen molar-refractivity contribution in [2.45, 2.75) is 25.3 Å². The minimum atomic E-state index is -2.96. The Balaban J connectivity index is 1.79. The van der Waals surface area contributed by atoms with Gasteiger partial charge in [0.2, 0.25) is 10.9 Å². The Morgan fingerprint density at radius 1 is 1.21 bits per heavy atom. The number of furan rings is 1. The Morgan fingerprint density at radius 2 is 1.91 bits per heavy atom. The minimum absolute atomic E-state index is 0.0182. The zero-order valence-electron chi connectivity index (χ0n) is 18.3. The van der Waals surface area contributed by atoms with Crippen LogP contribution in [0.1, 0.15) is 40.2 Å². The van der Waals surface area contributed by atoms with Crippen LogP contribution in [0.4, 0.5) is 9.18 Å². The highest BCUT2D eigenvalue weighted by atomic mass is 32.2. The van der Waals surface area contributed by atoms with E-state index in [1.54, 1.807) is 6.07 Å². The Morgan fingerprint density at radius 3 is 2.50 bits per heavy atom. The summed E-state index contributed by atoms with van der Waals surface area (Å²) in [6, 6.07) is 9.23. The first-order valence-electron chi connectivity index (χ1n) is 10.7. The third-order valence-electron chi connectivity index (χ3n) is 5.76. The van der Waals surface area contributed by atoms with Gasteiger partial charge >= 0.3 is 6.09 Å². The molecule has 3 N–H and O–H groups in total. The van der Waals surface area contributed by atoms with Crippen LogP contribution in [0.25, 0.3) is 22.3 Å². The molecule has 0 unspecified atom stereocenters. The number of rotatable bonds is 9. The van der Waals surface area contributed by atoms with Gasteiger partial charge in [-0.2, -0.15) is 4.31 Å². The van der Waals surface area contributed by atoms with E-state index in [1.807, 2.05) is 6.07 Å². The van der Waals surface area contributed by atoms with Crippen molar-refractivity contribution in [1.29, 1.82) is 0 Å². The second kappa shape index (κ2) is 9.82. The lowest BCUT2D eigenvalue weighted by molar-refractivity contribution is 0.0964. The lowest BCUT2D eigenvalue weighted by Crippen LogP contribution is -2.33. The van der Waals surface area contributed by atoms with Gasteiger partial charge in [0.05, 0.1) is 5.56 Å². The van der Waals surface area contributed by atoms with Crippen molar-refractivity contribution in [2.75, 3.05) is 20.1 Å². The number of benzene rings is 2. The first-order chi connectivity index (χ1) is 16.3. The third kappa shape index (κ3) is 5.05. The van der Waals surface area contributed by atoms with Gasteiger partial charge in [-0.3, -0.25) is 4.79 Å². The van der Waals surface area contributed by atoms with Crippen molar-refractivity contribution < 1.29 is 31.9 Å². The molecule has 0 spiro atoms. The van der Waals surface area contributed by atoms with Crippen molar-refractivity contribution in [3.8, 4) is 11.3 Å². The number of amides is 2. The number of hydrogen-bond donors (Lipinski definition) is 4. The molecule has 2 aromatic carbocycles. The third-order valence-corrected chi connectivity index (χ3v) is 6.56. The summed E-state index contributed by atoms with van der Waals surface area (Å²) in [5.74, 6) is -0.226. The van der Waals surface area contributed by atoms with Gasteiger partial charge in [-0.15, -0.1) is 0 Å². The summed E-state index contributed by atoms with van der Waals surface area (Å²) in [5.41, 5.74) is 2.93. The predicted molar refractivity (Wildman–Crippen MR) is 124 cm³/mol. The van der Waals surface area contributed by atoms with Gasteiger partial charge in [0, 0.05) is 37.6 Å². The summed E-state index contributed by atoms with van der Waals surface area (Å²) in [7, 11) is -1.44. The van der Waals surface area contributed by atoms with Crippen LogP contribution in [-0.4, -0.2) is 50.0 Å². The molecule has 1 fully saturated rings. The van der Waals surface area contributed by atoms with Gasteiger partial charge in [0.1, 0.15) is 17.2 Å². The number of fused-ring (bicyclic) bond motifs is 1. The maximum Gasteiger partial charge on any atom is 0.404 e. The van der Waals surface area contributed by atoms with Crippen molar-refractivity contribution in [1.82, 2.24) is 14.9 Å². The average Bonchev–Trinajstić information content (AvgIpc) is 3.58. The molecule has 3 aromatic rings. The molecule has 1 heterocycles. The van der Waals surface area contributed by atoms with Crippen LogP contribution < -0.4 is 10.6 Å². The summed E-state index contributed by atoms with van der Waals surface area (Å²) < 4.78 is 44.3. The molecule has 1 aliphatic rings.